The Morgan fingerprint density at radius 3 is 2.52 bits per heavy atom. The Morgan fingerprint density at radius 1 is 1.10 bits per heavy atom. The van der Waals surface area contributed by atoms with Crippen molar-refractivity contribution in [2.75, 3.05) is 13.1 Å². The number of hydrogen-bond acceptors (Lipinski definition) is 2. The Bertz CT molecular complexity index is 582. The normalized spacial score (nSPS) is 12.8. The SMILES string of the molecule is CCCNCC(Oc1ccc2cc(Br)ccc2c1)C(C)C. The maximum atomic E-state index is 6.19. The number of fused-ring (bicyclic) bond motifs is 1. The molecule has 0 aliphatic rings. The molecule has 0 aliphatic heterocycles. The molecule has 1 N–H and O–H groups in total. The van der Waals surface area contributed by atoms with Crippen molar-refractivity contribution in [3.63, 3.8) is 0 Å². The highest BCUT2D eigenvalue weighted by Crippen LogP contribution is 2.25. The Labute approximate surface area is 136 Å². The molecule has 1 atom stereocenters. The van der Waals surface area contributed by atoms with Gasteiger partial charge in [-0.25, -0.2) is 0 Å². The molecule has 0 amide bonds. The first-order valence-corrected chi connectivity index (χ1v) is 8.46. The van der Waals surface area contributed by atoms with Crippen LogP contribution in [0, 0.1) is 5.92 Å². The molecule has 0 spiro atoms. The van der Waals surface area contributed by atoms with E-state index in [9.17, 15) is 0 Å². The summed E-state index contributed by atoms with van der Waals surface area (Å²) in [4.78, 5) is 0. The molecule has 114 valence electrons. The van der Waals surface area contributed by atoms with Crippen molar-refractivity contribution in [3.8, 4) is 5.75 Å². The van der Waals surface area contributed by atoms with E-state index in [0.29, 0.717) is 5.92 Å². The molecular weight excluding hydrogens is 326 g/mol. The van der Waals surface area contributed by atoms with Gasteiger partial charge >= 0.3 is 0 Å². The summed E-state index contributed by atoms with van der Waals surface area (Å²) in [6.07, 6.45) is 1.35. The Hall–Kier alpha value is -1.06. The minimum absolute atomic E-state index is 0.199. The highest BCUT2D eigenvalue weighted by Gasteiger charge is 2.14. The van der Waals surface area contributed by atoms with Crippen LogP contribution in [0.5, 0.6) is 5.75 Å². The van der Waals surface area contributed by atoms with Crippen LogP contribution < -0.4 is 10.1 Å². The van der Waals surface area contributed by atoms with Crippen LogP contribution in [0.25, 0.3) is 10.8 Å². The smallest absolute Gasteiger partial charge is 0.120 e. The third-order valence-corrected chi connectivity index (χ3v) is 4.07. The molecule has 21 heavy (non-hydrogen) atoms. The standard InChI is InChI=1S/C18H24BrNO/c1-4-9-20-12-18(13(2)3)21-17-8-6-14-10-16(19)7-5-15(14)11-17/h5-8,10-11,13,18,20H,4,9,12H2,1-3H3. The van der Waals surface area contributed by atoms with Crippen molar-refractivity contribution in [1.29, 1.82) is 0 Å². The molecule has 0 saturated heterocycles. The van der Waals surface area contributed by atoms with Crippen molar-refractivity contribution in [2.24, 2.45) is 5.92 Å². The first kappa shape index (κ1) is 16.3. The van der Waals surface area contributed by atoms with E-state index in [4.69, 9.17) is 4.74 Å². The van der Waals surface area contributed by atoms with E-state index in [1.54, 1.807) is 0 Å². The number of halogens is 1. The number of rotatable bonds is 7. The highest BCUT2D eigenvalue weighted by molar-refractivity contribution is 9.10. The van der Waals surface area contributed by atoms with E-state index in [1.165, 1.54) is 10.8 Å². The summed E-state index contributed by atoms with van der Waals surface area (Å²) in [6, 6.07) is 12.6. The molecule has 1 unspecified atom stereocenters. The Morgan fingerprint density at radius 2 is 1.81 bits per heavy atom. The van der Waals surface area contributed by atoms with Gasteiger partial charge in [0.15, 0.2) is 0 Å². The molecule has 0 radical (unpaired) electrons. The van der Waals surface area contributed by atoms with Gasteiger partial charge in [-0.3, -0.25) is 0 Å². The van der Waals surface area contributed by atoms with Gasteiger partial charge in [-0.05, 0) is 53.9 Å². The molecule has 0 aliphatic carbocycles. The lowest BCUT2D eigenvalue weighted by molar-refractivity contribution is 0.149. The highest BCUT2D eigenvalue weighted by atomic mass is 79.9. The van der Waals surface area contributed by atoms with Gasteiger partial charge in [-0.15, -0.1) is 0 Å². The van der Waals surface area contributed by atoms with Crippen molar-refractivity contribution >= 4 is 26.7 Å². The maximum Gasteiger partial charge on any atom is 0.120 e. The predicted octanol–water partition coefficient (Wildman–Crippen LogP) is 5.01. The van der Waals surface area contributed by atoms with Crippen molar-refractivity contribution in [1.82, 2.24) is 5.32 Å². The van der Waals surface area contributed by atoms with E-state index in [0.717, 1.165) is 29.7 Å². The summed E-state index contributed by atoms with van der Waals surface area (Å²) in [6.45, 7) is 8.52. The van der Waals surface area contributed by atoms with Crippen LogP contribution in [0.1, 0.15) is 27.2 Å². The van der Waals surface area contributed by atoms with E-state index < -0.39 is 0 Å². The summed E-state index contributed by atoms with van der Waals surface area (Å²) in [5.74, 6) is 1.43. The van der Waals surface area contributed by atoms with Crippen LogP contribution >= 0.6 is 15.9 Å². The molecule has 3 heteroatoms. The van der Waals surface area contributed by atoms with E-state index in [-0.39, 0.29) is 6.10 Å². The molecule has 0 fully saturated rings. The van der Waals surface area contributed by atoms with Crippen molar-refractivity contribution in [2.45, 2.75) is 33.3 Å². The van der Waals surface area contributed by atoms with Crippen LogP contribution in [-0.2, 0) is 0 Å². The number of nitrogens with one attached hydrogen (secondary N) is 1. The fraction of sp³-hybridized carbons (Fsp3) is 0.444. The second kappa shape index (κ2) is 7.81. The van der Waals surface area contributed by atoms with Crippen LogP contribution in [0.4, 0.5) is 0 Å². The lowest BCUT2D eigenvalue weighted by Crippen LogP contribution is -2.35. The van der Waals surface area contributed by atoms with Crippen molar-refractivity contribution in [3.05, 3.63) is 40.9 Å². The second-order valence-corrected chi connectivity index (χ2v) is 6.67. The summed E-state index contributed by atoms with van der Waals surface area (Å²) in [5.41, 5.74) is 0. The quantitative estimate of drug-likeness (QED) is 0.709. The Kier molecular flexibility index (Phi) is 6.07. The zero-order chi connectivity index (χ0) is 15.2. The third kappa shape index (κ3) is 4.72. The van der Waals surface area contributed by atoms with Gasteiger partial charge in [0.05, 0.1) is 0 Å². The van der Waals surface area contributed by atoms with Crippen molar-refractivity contribution < 1.29 is 4.74 Å². The molecule has 2 nitrogen and oxygen atoms in total. The molecular formula is C18H24BrNO. The van der Waals surface area contributed by atoms with Gasteiger partial charge < -0.3 is 10.1 Å². The molecule has 0 bridgehead atoms. The van der Waals surface area contributed by atoms with Gasteiger partial charge in [0.25, 0.3) is 0 Å². The number of hydrogen-bond donors (Lipinski definition) is 1. The van der Waals surface area contributed by atoms with Gasteiger partial charge in [-0.2, -0.15) is 0 Å². The minimum Gasteiger partial charge on any atom is -0.489 e. The topological polar surface area (TPSA) is 21.3 Å². The second-order valence-electron chi connectivity index (χ2n) is 5.76. The molecule has 0 aromatic heterocycles. The van der Waals surface area contributed by atoms with Crippen LogP contribution in [-0.4, -0.2) is 19.2 Å². The van der Waals surface area contributed by atoms with Gasteiger partial charge in [-0.1, -0.05) is 48.8 Å². The molecule has 0 heterocycles. The molecule has 2 rings (SSSR count). The first-order valence-electron chi connectivity index (χ1n) is 7.67. The van der Waals surface area contributed by atoms with Gasteiger partial charge in [0.2, 0.25) is 0 Å². The molecule has 2 aromatic carbocycles. The maximum absolute atomic E-state index is 6.19. The summed E-state index contributed by atoms with van der Waals surface area (Å²) < 4.78 is 7.29. The predicted molar refractivity (Wildman–Crippen MR) is 94.1 cm³/mol. The number of benzene rings is 2. The third-order valence-electron chi connectivity index (χ3n) is 3.58. The van der Waals surface area contributed by atoms with Crippen LogP contribution in [0.15, 0.2) is 40.9 Å². The molecule has 0 saturated carbocycles. The summed E-state index contributed by atoms with van der Waals surface area (Å²) >= 11 is 3.51. The lowest BCUT2D eigenvalue weighted by Gasteiger charge is -2.23. The summed E-state index contributed by atoms with van der Waals surface area (Å²) in [5, 5.41) is 5.88. The van der Waals surface area contributed by atoms with E-state index in [1.807, 2.05) is 0 Å². The average molecular weight is 350 g/mol. The fourth-order valence-corrected chi connectivity index (χ4v) is 2.66. The Balaban J connectivity index is 2.10. The zero-order valence-corrected chi connectivity index (χ0v) is 14.6. The van der Waals surface area contributed by atoms with Crippen LogP contribution in [0.2, 0.25) is 0 Å². The van der Waals surface area contributed by atoms with Crippen LogP contribution in [0.3, 0.4) is 0 Å². The van der Waals surface area contributed by atoms with E-state index >= 15 is 0 Å². The minimum atomic E-state index is 0.199. The summed E-state index contributed by atoms with van der Waals surface area (Å²) in [7, 11) is 0. The van der Waals surface area contributed by atoms with Gasteiger partial charge in [0, 0.05) is 11.0 Å². The first-order chi connectivity index (χ1) is 10.1. The fourth-order valence-electron chi connectivity index (χ4n) is 2.28. The van der Waals surface area contributed by atoms with Gasteiger partial charge in [0.1, 0.15) is 11.9 Å². The molecule has 2 aromatic rings. The zero-order valence-electron chi connectivity index (χ0n) is 13.0. The van der Waals surface area contributed by atoms with E-state index in [2.05, 4.69) is 78.4 Å². The average Bonchev–Trinajstić information content (AvgIpc) is 2.46. The monoisotopic (exact) mass is 349 g/mol. The lowest BCUT2D eigenvalue weighted by atomic mass is 10.1. The largest absolute Gasteiger partial charge is 0.489 e. The number of ether oxygens (including phenoxy) is 1.